The zero-order valence-corrected chi connectivity index (χ0v) is 17.4. The van der Waals surface area contributed by atoms with Gasteiger partial charge in [-0.05, 0) is 73.2 Å². The molecule has 4 rings (SSSR count). The van der Waals surface area contributed by atoms with Gasteiger partial charge in [-0.25, -0.2) is 0 Å². The van der Waals surface area contributed by atoms with Gasteiger partial charge in [-0.3, -0.25) is 9.59 Å². The van der Waals surface area contributed by atoms with Crippen LogP contribution in [0.2, 0.25) is 0 Å². The van der Waals surface area contributed by atoms with E-state index in [4.69, 9.17) is 0 Å². The number of carbonyl (C=O) groups is 1. The number of aromatic nitrogens is 1. The molecular formula is C26H24N2O2. The van der Waals surface area contributed by atoms with E-state index < -0.39 is 0 Å². The Morgan fingerprint density at radius 3 is 2.33 bits per heavy atom. The summed E-state index contributed by atoms with van der Waals surface area (Å²) < 4.78 is 0. The predicted octanol–water partition coefficient (Wildman–Crippen LogP) is 5.30. The van der Waals surface area contributed by atoms with Crippen LogP contribution in [0.5, 0.6) is 0 Å². The van der Waals surface area contributed by atoms with Crippen molar-refractivity contribution in [1.29, 1.82) is 0 Å². The molecule has 1 N–H and O–H groups in total. The van der Waals surface area contributed by atoms with Crippen LogP contribution in [-0.4, -0.2) is 10.9 Å². The molecule has 1 aromatic heterocycles. The van der Waals surface area contributed by atoms with Crippen molar-refractivity contribution < 1.29 is 4.79 Å². The maximum atomic E-state index is 13.6. The Bertz CT molecular complexity index is 1300. The number of para-hydroxylation sites is 1. The molecule has 0 saturated heterocycles. The highest BCUT2D eigenvalue weighted by Crippen LogP contribution is 2.24. The Hall–Kier alpha value is -3.66. The summed E-state index contributed by atoms with van der Waals surface area (Å²) >= 11 is 0. The maximum Gasteiger partial charge on any atom is 0.258 e. The summed E-state index contributed by atoms with van der Waals surface area (Å²) in [4.78, 5) is 30.9. The van der Waals surface area contributed by atoms with E-state index in [9.17, 15) is 9.59 Å². The van der Waals surface area contributed by atoms with E-state index in [1.807, 2.05) is 93.6 Å². The van der Waals surface area contributed by atoms with Gasteiger partial charge < -0.3 is 9.88 Å². The van der Waals surface area contributed by atoms with Crippen molar-refractivity contribution in [3.63, 3.8) is 0 Å². The van der Waals surface area contributed by atoms with Gasteiger partial charge in [0.2, 0.25) is 0 Å². The quantitative estimate of drug-likeness (QED) is 0.509. The van der Waals surface area contributed by atoms with E-state index in [1.165, 1.54) is 0 Å². The first-order chi connectivity index (χ1) is 14.4. The first-order valence-electron chi connectivity index (χ1n) is 10.00. The summed E-state index contributed by atoms with van der Waals surface area (Å²) in [5.74, 6) is -0.121. The Kier molecular flexibility index (Phi) is 5.23. The SMILES string of the molecule is Cc1ccc(N(Cc2cc3ccccc3[nH]c2=O)C(=O)c2ccccc2C)cc1C. The van der Waals surface area contributed by atoms with Crippen LogP contribution in [-0.2, 0) is 6.54 Å². The third-order valence-electron chi connectivity index (χ3n) is 5.58. The number of benzene rings is 3. The summed E-state index contributed by atoms with van der Waals surface area (Å²) in [6.07, 6.45) is 0. The van der Waals surface area contributed by atoms with Gasteiger partial charge in [-0.2, -0.15) is 0 Å². The zero-order chi connectivity index (χ0) is 21.3. The molecule has 0 aliphatic carbocycles. The van der Waals surface area contributed by atoms with Crippen LogP contribution >= 0.6 is 0 Å². The van der Waals surface area contributed by atoms with E-state index in [1.54, 1.807) is 4.90 Å². The highest BCUT2D eigenvalue weighted by atomic mass is 16.2. The number of fused-ring (bicyclic) bond motifs is 1. The number of nitrogens with zero attached hydrogens (tertiary/aromatic N) is 1. The molecule has 4 aromatic rings. The summed E-state index contributed by atoms with van der Waals surface area (Å²) in [6.45, 7) is 6.18. The molecule has 0 aliphatic heterocycles. The lowest BCUT2D eigenvalue weighted by Crippen LogP contribution is -2.33. The Balaban J connectivity index is 1.82. The summed E-state index contributed by atoms with van der Waals surface area (Å²) in [5, 5.41) is 0.940. The minimum Gasteiger partial charge on any atom is -0.322 e. The number of carbonyl (C=O) groups excluding carboxylic acids is 1. The minimum atomic E-state index is -0.180. The first kappa shape index (κ1) is 19.6. The standard InChI is InChI=1S/C26H24N2O2/c1-17-12-13-22(14-19(17)3)28(26(30)23-10-6-4-8-18(23)2)16-21-15-20-9-5-7-11-24(20)27-25(21)29/h4-15H,16H2,1-3H3,(H,27,29). The second-order valence-corrected chi connectivity index (χ2v) is 7.69. The summed E-state index contributed by atoms with van der Waals surface area (Å²) in [7, 11) is 0. The fraction of sp³-hybridized carbons (Fsp3) is 0.154. The topological polar surface area (TPSA) is 53.2 Å². The van der Waals surface area contributed by atoms with Gasteiger partial charge in [-0.15, -0.1) is 0 Å². The van der Waals surface area contributed by atoms with E-state index >= 15 is 0 Å². The van der Waals surface area contributed by atoms with Crippen molar-refractivity contribution in [3.05, 3.63) is 111 Å². The number of anilines is 1. The average Bonchev–Trinajstić information content (AvgIpc) is 2.74. The molecule has 0 saturated carbocycles. The van der Waals surface area contributed by atoms with Crippen molar-refractivity contribution >= 4 is 22.5 Å². The molecule has 30 heavy (non-hydrogen) atoms. The fourth-order valence-electron chi connectivity index (χ4n) is 3.61. The fourth-order valence-corrected chi connectivity index (χ4v) is 3.61. The zero-order valence-electron chi connectivity index (χ0n) is 17.4. The lowest BCUT2D eigenvalue weighted by Gasteiger charge is -2.24. The van der Waals surface area contributed by atoms with Gasteiger partial charge in [0.1, 0.15) is 0 Å². The van der Waals surface area contributed by atoms with Crippen molar-refractivity contribution in [2.24, 2.45) is 0 Å². The third-order valence-corrected chi connectivity index (χ3v) is 5.58. The number of rotatable bonds is 4. The van der Waals surface area contributed by atoms with E-state index in [0.717, 1.165) is 33.3 Å². The average molecular weight is 396 g/mol. The van der Waals surface area contributed by atoms with Crippen LogP contribution in [0, 0.1) is 20.8 Å². The minimum absolute atomic E-state index is 0.121. The molecular weight excluding hydrogens is 372 g/mol. The summed E-state index contributed by atoms with van der Waals surface area (Å²) in [6, 6.07) is 23.0. The van der Waals surface area contributed by atoms with Crippen LogP contribution < -0.4 is 10.5 Å². The van der Waals surface area contributed by atoms with E-state index in [2.05, 4.69) is 4.98 Å². The lowest BCUT2D eigenvalue weighted by atomic mass is 10.0. The van der Waals surface area contributed by atoms with Crippen molar-refractivity contribution in [2.75, 3.05) is 4.90 Å². The van der Waals surface area contributed by atoms with Crippen LogP contribution in [0.25, 0.3) is 10.9 Å². The third kappa shape index (κ3) is 3.77. The number of amides is 1. The van der Waals surface area contributed by atoms with E-state index in [0.29, 0.717) is 11.1 Å². The van der Waals surface area contributed by atoms with Crippen molar-refractivity contribution in [2.45, 2.75) is 27.3 Å². The highest BCUT2D eigenvalue weighted by molar-refractivity contribution is 6.07. The lowest BCUT2D eigenvalue weighted by molar-refractivity contribution is 0.0984. The van der Waals surface area contributed by atoms with Gasteiger partial charge in [0.05, 0.1) is 6.54 Å². The number of aryl methyl sites for hydroxylation is 3. The van der Waals surface area contributed by atoms with Crippen LogP contribution in [0.15, 0.2) is 77.6 Å². The smallest absolute Gasteiger partial charge is 0.258 e. The molecule has 4 heteroatoms. The number of aromatic amines is 1. The van der Waals surface area contributed by atoms with Crippen molar-refractivity contribution in [1.82, 2.24) is 4.98 Å². The number of hydrogen-bond donors (Lipinski definition) is 1. The molecule has 0 bridgehead atoms. The molecule has 0 radical (unpaired) electrons. The first-order valence-corrected chi connectivity index (χ1v) is 10.00. The van der Waals surface area contributed by atoms with E-state index in [-0.39, 0.29) is 18.0 Å². The molecule has 0 atom stereocenters. The van der Waals surface area contributed by atoms with Gasteiger partial charge >= 0.3 is 0 Å². The molecule has 3 aromatic carbocycles. The number of hydrogen-bond acceptors (Lipinski definition) is 2. The molecule has 0 unspecified atom stereocenters. The second kappa shape index (κ2) is 7.99. The van der Waals surface area contributed by atoms with Gasteiger partial charge in [0, 0.05) is 22.3 Å². The Morgan fingerprint density at radius 1 is 0.833 bits per heavy atom. The Morgan fingerprint density at radius 2 is 1.57 bits per heavy atom. The summed E-state index contributed by atoms with van der Waals surface area (Å²) in [5.41, 5.74) is 5.73. The maximum absolute atomic E-state index is 13.6. The van der Waals surface area contributed by atoms with Crippen molar-refractivity contribution in [3.8, 4) is 0 Å². The molecule has 4 nitrogen and oxygen atoms in total. The molecule has 1 heterocycles. The van der Waals surface area contributed by atoms with Gasteiger partial charge in [0.25, 0.3) is 11.5 Å². The molecule has 1 amide bonds. The number of H-pyrrole nitrogens is 1. The van der Waals surface area contributed by atoms with Crippen LogP contribution in [0.4, 0.5) is 5.69 Å². The second-order valence-electron chi connectivity index (χ2n) is 7.69. The molecule has 0 fully saturated rings. The highest BCUT2D eigenvalue weighted by Gasteiger charge is 2.21. The van der Waals surface area contributed by atoms with Crippen LogP contribution in [0.1, 0.15) is 32.6 Å². The monoisotopic (exact) mass is 396 g/mol. The molecule has 150 valence electrons. The predicted molar refractivity (Wildman–Crippen MR) is 122 cm³/mol. The molecule has 0 spiro atoms. The normalized spacial score (nSPS) is 10.9. The number of nitrogens with one attached hydrogen (secondary N) is 1. The van der Waals surface area contributed by atoms with Gasteiger partial charge in [0.15, 0.2) is 0 Å². The number of pyridine rings is 1. The Labute approximate surface area is 175 Å². The van der Waals surface area contributed by atoms with Crippen LogP contribution in [0.3, 0.4) is 0 Å². The van der Waals surface area contributed by atoms with Gasteiger partial charge in [-0.1, -0.05) is 42.5 Å². The molecule has 0 aliphatic rings. The largest absolute Gasteiger partial charge is 0.322 e.